The lowest BCUT2D eigenvalue weighted by Crippen LogP contribution is -2.28. The standard InChI is InChI=1S/C17H18N6/c1-2-11-8-12(3-6-14(11)18-7-1)22-16-15-17(20-9-19-16)23(10-21-15)13-4-5-13/h1-2,7,9-10,12-13H,3-6,8H2,(H,19,20,22). The Hall–Kier alpha value is -2.50. The first-order valence-electron chi connectivity index (χ1n) is 8.25. The molecule has 1 N–H and O–H groups in total. The van der Waals surface area contributed by atoms with E-state index in [-0.39, 0.29) is 0 Å². The van der Waals surface area contributed by atoms with Crippen molar-refractivity contribution in [3.05, 3.63) is 42.2 Å². The van der Waals surface area contributed by atoms with Crippen molar-refractivity contribution in [3.63, 3.8) is 0 Å². The van der Waals surface area contributed by atoms with Gasteiger partial charge in [-0.3, -0.25) is 4.98 Å². The number of pyridine rings is 1. The molecule has 3 aromatic rings. The zero-order valence-electron chi connectivity index (χ0n) is 12.8. The smallest absolute Gasteiger partial charge is 0.165 e. The molecule has 1 fully saturated rings. The molecule has 0 aliphatic heterocycles. The number of aryl methyl sites for hydroxylation is 1. The van der Waals surface area contributed by atoms with Crippen LogP contribution in [-0.2, 0) is 12.8 Å². The highest BCUT2D eigenvalue weighted by atomic mass is 15.2. The minimum atomic E-state index is 0.371. The van der Waals surface area contributed by atoms with Crippen molar-refractivity contribution in [2.24, 2.45) is 0 Å². The Morgan fingerprint density at radius 2 is 2.04 bits per heavy atom. The number of anilines is 1. The van der Waals surface area contributed by atoms with Gasteiger partial charge in [-0.15, -0.1) is 0 Å². The Kier molecular flexibility index (Phi) is 2.83. The molecule has 3 heterocycles. The van der Waals surface area contributed by atoms with E-state index in [4.69, 9.17) is 0 Å². The van der Waals surface area contributed by atoms with E-state index in [2.05, 4.69) is 35.9 Å². The fourth-order valence-corrected chi connectivity index (χ4v) is 3.45. The number of nitrogens with zero attached hydrogens (tertiary/aromatic N) is 5. The molecule has 0 aromatic carbocycles. The monoisotopic (exact) mass is 306 g/mol. The quantitative estimate of drug-likeness (QED) is 0.805. The predicted molar refractivity (Wildman–Crippen MR) is 87.3 cm³/mol. The maximum absolute atomic E-state index is 4.55. The van der Waals surface area contributed by atoms with E-state index in [1.807, 2.05) is 18.6 Å². The maximum atomic E-state index is 4.55. The fourth-order valence-electron chi connectivity index (χ4n) is 3.45. The van der Waals surface area contributed by atoms with E-state index in [0.717, 1.165) is 36.2 Å². The number of aromatic nitrogens is 5. The van der Waals surface area contributed by atoms with Crippen LogP contribution in [0.5, 0.6) is 0 Å². The molecule has 0 saturated heterocycles. The van der Waals surface area contributed by atoms with Crippen LogP contribution >= 0.6 is 0 Å². The first-order valence-corrected chi connectivity index (χ1v) is 8.25. The lowest BCUT2D eigenvalue weighted by atomic mass is 9.92. The summed E-state index contributed by atoms with van der Waals surface area (Å²) >= 11 is 0. The van der Waals surface area contributed by atoms with Gasteiger partial charge in [0.2, 0.25) is 0 Å². The van der Waals surface area contributed by atoms with E-state index in [0.29, 0.717) is 12.1 Å². The predicted octanol–water partition coefficient (Wildman–Crippen LogP) is 2.53. The van der Waals surface area contributed by atoms with Crippen molar-refractivity contribution in [1.82, 2.24) is 24.5 Å². The van der Waals surface area contributed by atoms with E-state index < -0.39 is 0 Å². The third-order valence-corrected chi connectivity index (χ3v) is 4.82. The van der Waals surface area contributed by atoms with E-state index in [1.165, 1.54) is 24.1 Å². The molecule has 0 amide bonds. The lowest BCUT2D eigenvalue weighted by Gasteiger charge is -2.25. The molecule has 5 rings (SSSR count). The molecule has 0 spiro atoms. The van der Waals surface area contributed by atoms with Crippen LogP contribution < -0.4 is 5.32 Å². The minimum absolute atomic E-state index is 0.371. The Labute approximate surface area is 134 Å². The van der Waals surface area contributed by atoms with Crippen LogP contribution in [-0.4, -0.2) is 30.5 Å². The Morgan fingerprint density at radius 3 is 2.96 bits per heavy atom. The Balaban J connectivity index is 1.44. The Bertz CT molecular complexity index is 866. The summed E-state index contributed by atoms with van der Waals surface area (Å²) in [5.41, 5.74) is 4.40. The van der Waals surface area contributed by atoms with Crippen molar-refractivity contribution in [1.29, 1.82) is 0 Å². The van der Waals surface area contributed by atoms with Gasteiger partial charge in [-0.2, -0.15) is 0 Å². The third-order valence-electron chi connectivity index (χ3n) is 4.82. The van der Waals surface area contributed by atoms with Crippen molar-refractivity contribution in [3.8, 4) is 0 Å². The second-order valence-corrected chi connectivity index (χ2v) is 6.47. The van der Waals surface area contributed by atoms with E-state index in [1.54, 1.807) is 6.33 Å². The minimum Gasteiger partial charge on any atom is -0.365 e. The average Bonchev–Trinajstić information content (AvgIpc) is 3.34. The zero-order chi connectivity index (χ0) is 15.2. The summed E-state index contributed by atoms with van der Waals surface area (Å²) in [6.07, 6.45) is 10.9. The van der Waals surface area contributed by atoms with Crippen LogP contribution in [0.15, 0.2) is 31.0 Å². The largest absolute Gasteiger partial charge is 0.365 e. The highest BCUT2D eigenvalue weighted by Crippen LogP contribution is 2.37. The molecule has 0 bridgehead atoms. The van der Waals surface area contributed by atoms with Crippen molar-refractivity contribution >= 4 is 17.0 Å². The van der Waals surface area contributed by atoms with Crippen molar-refractivity contribution in [2.75, 3.05) is 5.32 Å². The number of hydrogen-bond acceptors (Lipinski definition) is 5. The summed E-state index contributed by atoms with van der Waals surface area (Å²) in [5.74, 6) is 0.853. The van der Waals surface area contributed by atoms with Crippen LogP contribution in [0.3, 0.4) is 0 Å². The van der Waals surface area contributed by atoms with Crippen LogP contribution in [0, 0.1) is 0 Å². The summed E-state index contributed by atoms with van der Waals surface area (Å²) in [4.78, 5) is 17.9. The number of imidazole rings is 1. The summed E-state index contributed by atoms with van der Waals surface area (Å²) in [6, 6.07) is 5.14. The molecule has 116 valence electrons. The van der Waals surface area contributed by atoms with Crippen LogP contribution in [0.25, 0.3) is 11.2 Å². The molecule has 23 heavy (non-hydrogen) atoms. The molecule has 2 aliphatic carbocycles. The van der Waals surface area contributed by atoms with Crippen molar-refractivity contribution < 1.29 is 0 Å². The lowest BCUT2D eigenvalue weighted by molar-refractivity contribution is 0.597. The van der Waals surface area contributed by atoms with Gasteiger partial charge < -0.3 is 9.88 Å². The zero-order valence-corrected chi connectivity index (χ0v) is 12.8. The van der Waals surface area contributed by atoms with Gasteiger partial charge in [-0.25, -0.2) is 15.0 Å². The molecule has 6 nitrogen and oxygen atoms in total. The molecule has 6 heteroatoms. The highest BCUT2D eigenvalue weighted by Gasteiger charge is 2.27. The summed E-state index contributed by atoms with van der Waals surface area (Å²) in [5, 5.41) is 3.58. The number of hydrogen-bond donors (Lipinski definition) is 1. The summed E-state index contributed by atoms with van der Waals surface area (Å²) < 4.78 is 2.18. The van der Waals surface area contributed by atoms with Gasteiger partial charge in [0, 0.05) is 24.0 Å². The molecule has 3 aromatic heterocycles. The fraction of sp³-hybridized carbons (Fsp3) is 0.412. The van der Waals surface area contributed by atoms with E-state index >= 15 is 0 Å². The van der Waals surface area contributed by atoms with Crippen LogP contribution in [0.2, 0.25) is 0 Å². The van der Waals surface area contributed by atoms with Crippen LogP contribution in [0.1, 0.15) is 36.6 Å². The van der Waals surface area contributed by atoms with Gasteiger partial charge in [0.1, 0.15) is 11.8 Å². The molecule has 0 radical (unpaired) electrons. The molecular formula is C17H18N6. The first-order chi connectivity index (χ1) is 11.4. The molecule has 1 saturated carbocycles. The number of rotatable bonds is 3. The average molecular weight is 306 g/mol. The number of nitrogens with one attached hydrogen (secondary N) is 1. The van der Waals surface area contributed by atoms with Crippen molar-refractivity contribution in [2.45, 2.75) is 44.2 Å². The molecule has 1 atom stereocenters. The Morgan fingerprint density at radius 1 is 1.09 bits per heavy atom. The van der Waals surface area contributed by atoms with E-state index in [9.17, 15) is 0 Å². The van der Waals surface area contributed by atoms with Gasteiger partial charge in [0.05, 0.1) is 6.33 Å². The summed E-state index contributed by atoms with van der Waals surface area (Å²) in [6.45, 7) is 0. The number of fused-ring (bicyclic) bond motifs is 2. The molecule has 1 unspecified atom stereocenters. The van der Waals surface area contributed by atoms with Gasteiger partial charge >= 0.3 is 0 Å². The second-order valence-electron chi connectivity index (χ2n) is 6.47. The molecule has 2 aliphatic rings. The first kappa shape index (κ1) is 13.0. The third kappa shape index (κ3) is 2.25. The second kappa shape index (κ2) is 5.01. The SMILES string of the molecule is c1cnc2c(c1)CC(Nc1ncnc3c1ncn3C1CC1)CC2. The van der Waals surface area contributed by atoms with Crippen LogP contribution in [0.4, 0.5) is 5.82 Å². The molecular weight excluding hydrogens is 288 g/mol. The van der Waals surface area contributed by atoms with Gasteiger partial charge in [0.15, 0.2) is 11.5 Å². The highest BCUT2D eigenvalue weighted by molar-refractivity contribution is 5.83. The summed E-state index contributed by atoms with van der Waals surface area (Å²) in [7, 11) is 0. The van der Waals surface area contributed by atoms with Gasteiger partial charge in [0.25, 0.3) is 0 Å². The normalized spacial score (nSPS) is 20.4. The van der Waals surface area contributed by atoms with Gasteiger partial charge in [-0.1, -0.05) is 6.07 Å². The van der Waals surface area contributed by atoms with Gasteiger partial charge in [-0.05, 0) is 43.7 Å². The topological polar surface area (TPSA) is 68.5 Å². The maximum Gasteiger partial charge on any atom is 0.165 e.